The van der Waals surface area contributed by atoms with Crippen LogP contribution in [0.2, 0.25) is 10.0 Å². The number of amides is 2. The zero-order valence-electron chi connectivity index (χ0n) is 18.2. The minimum absolute atomic E-state index is 0.0365. The van der Waals surface area contributed by atoms with Gasteiger partial charge in [-0.05, 0) is 69.7 Å². The molecule has 2 saturated heterocycles. The van der Waals surface area contributed by atoms with Crippen LogP contribution in [0.4, 0.5) is 10.5 Å². The largest absolute Gasteiger partial charge is 0.369 e. The lowest BCUT2D eigenvalue weighted by Gasteiger charge is -2.50. The first-order valence-electron chi connectivity index (χ1n) is 11.2. The van der Waals surface area contributed by atoms with Crippen molar-refractivity contribution in [2.45, 2.75) is 44.6 Å². The molecular formula is C23H34Cl2N4O. The van der Waals surface area contributed by atoms with Crippen molar-refractivity contribution in [1.29, 1.82) is 0 Å². The number of rotatable bonds is 5. The van der Waals surface area contributed by atoms with Gasteiger partial charge in [-0.25, -0.2) is 4.79 Å². The van der Waals surface area contributed by atoms with Crippen LogP contribution in [0.5, 0.6) is 0 Å². The van der Waals surface area contributed by atoms with Crippen LogP contribution in [-0.2, 0) is 0 Å². The second-order valence-electron chi connectivity index (χ2n) is 9.81. The molecule has 3 fully saturated rings. The van der Waals surface area contributed by atoms with Crippen LogP contribution in [-0.4, -0.2) is 68.7 Å². The highest BCUT2D eigenvalue weighted by molar-refractivity contribution is 6.43. The molecule has 0 radical (unpaired) electrons. The molecule has 4 rings (SSSR count). The fraction of sp³-hybridized carbons (Fsp3) is 0.696. The van der Waals surface area contributed by atoms with E-state index in [0.29, 0.717) is 21.5 Å². The number of nitrogens with one attached hydrogen (secondary N) is 1. The van der Waals surface area contributed by atoms with Crippen LogP contribution in [0.15, 0.2) is 18.2 Å². The molecule has 30 heavy (non-hydrogen) atoms. The fourth-order valence-corrected chi connectivity index (χ4v) is 5.83. The maximum Gasteiger partial charge on any atom is 0.317 e. The minimum Gasteiger partial charge on any atom is -0.369 e. The average molecular weight is 453 g/mol. The molecule has 0 unspecified atom stereocenters. The van der Waals surface area contributed by atoms with Gasteiger partial charge in [-0.3, -0.25) is 0 Å². The third-order valence-electron chi connectivity index (χ3n) is 7.28. The summed E-state index contributed by atoms with van der Waals surface area (Å²) in [6.45, 7) is 5.79. The molecule has 3 aliphatic rings. The third-order valence-corrected chi connectivity index (χ3v) is 8.08. The van der Waals surface area contributed by atoms with Crippen molar-refractivity contribution >= 4 is 34.9 Å². The Morgan fingerprint density at radius 2 is 1.90 bits per heavy atom. The minimum atomic E-state index is 0.0365. The molecule has 0 bridgehead atoms. The lowest BCUT2D eigenvalue weighted by atomic mass is 9.78. The number of benzene rings is 1. The summed E-state index contributed by atoms with van der Waals surface area (Å²) < 4.78 is 0. The standard InChI is InChI=1S/C23H34Cl2N4O/c1-27(2)22(30)26-18-8-6-17(7-9-18)10-12-28-13-11-23(14-28)15-29(16-23)20-5-3-4-19(24)21(20)25/h3-5,17-18H,6-16H2,1-2H3,(H,26,30)/t17-,18-. The zero-order chi connectivity index (χ0) is 21.3. The van der Waals surface area contributed by atoms with E-state index in [9.17, 15) is 4.79 Å². The van der Waals surface area contributed by atoms with Gasteiger partial charge >= 0.3 is 6.03 Å². The van der Waals surface area contributed by atoms with Crippen molar-refractivity contribution in [3.05, 3.63) is 28.2 Å². The first-order chi connectivity index (χ1) is 14.3. The first kappa shape index (κ1) is 22.0. The highest BCUT2D eigenvalue weighted by atomic mass is 35.5. The molecule has 7 heteroatoms. The van der Waals surface area contributed by atoms with Gasteiger partial charge < -0.3 is 20.0 Å². The van der Waals surface area contributed by atoms with Crippen LogP contribution in [0.1, 0.15) is 38.5 Å². The van der Waals surface area contributed by atoms with Crippen molar-refractivity contribution in [3.63, 3.8) is 0 Å². The normalized spacial score (nSPS) is 25.9. The number of carbonyl (C=O) groups excluding carboxylic acids is 1. The summed E-state index contributed by atoms with van der Waals surface area (Å²) in [4.78, 5) is 18.5. The SMILES string of the molecule is CN(C)C(=O)N[C@H]1CC[C@H](CCN2CCC3(C2)CN(c2cccc(Cl)c2Cl)C3)CC1. The van der Waals surface area contributed by atoms with Gasteiger partial charge in [0.25, 0.3) is 0 Å². The van der Waals surface area contributed by atoms with E-state index in [1.54, 1.807) is 19.0 Å². The summed E-state index contributed by atoms with van der Waals surface area (Å²) in [7, 11) is 3.60. The van der Waals surface area contributed by atoms with E-state index >= 15 is 0 Å². The molecule has 1 aliphatic carbocycles. The Hall–Kier alpha value is -1.17. The molecule has 1 aromatic rings. The smallest absolute Gasteiger partial charge is 0.317 e. The molecule has 1 saturated carbocycles. The fourth-order valence-electron chi connectivity index (χ4n) is 5.41. The summed E-state index contributed by atoms with van der Waals surface area (Å²) in [5.41, 5.74) is 1.51. The van der Waals surface area contributed by atoms with Crippen LogP contribution in [0, 0.1) is 11.3 Å². The molecule has 0 atom stereocenters. The van der Waals surface area contributed by atoms with E-state index in [0.717, 1.165) is 37.5 Å². The van der Waals surface area contributed by atoms with E-state index in [1.807, 2.05) is 12.1 Å². The van der Waals surface area contributed by atoms with Crippen molar-refractivity contribution in [2.75, 3.05) is 51.7 Å². The summed E-state index contributed by atoms with van der Waals surface area (Å²) in [6.07, 6.45) is 7.27. The van der Waals surface area contributed by atoms with Gasteiger partial charge in [0, 0.05) is 45.2 Å². The van der Waals surface area contributed by atoms with Gasteiger partial charge in [0.1, 0.15) is 0 Å². The van der Waals surface area contributed by atoms with E-state index in [4.69, 9.17) is 23.2 Å². The maximum absolute atomic E-state index is 11.8. The summed E-state index contributed by atoms with van der Waals surface area (Å²) in [5.74, 6) is 0.803. The van der Waals surface area contributed by atoms with Gasteiger partial charge in [0.15, 0.2) is 0 Å². The molecule has 1 spiro atoms. The van der Waals surface area contributed by atoms with Gasteiger partial charge in [0.05, 0.1) is 15.7 Å². The molecule has 1 aromatic carbocycles. The third kappa shape index (κ3) is 4.84. The van der Waals surface area contributed by atoms with E-state index in [1.165, 1.54) is 45.3 Å². The molecule has 2 heterocycles. The molecule has 2 aliphatic heterocycles. The molecule has 0 aromatic heterocycles. The van der Waals surface area contributed by atoms with Crippen LogP contribution < -0.4 is 10.2 Å². The lowest BCUT2D eigenvalue weighted by molar-refractivity contribution is 0.187. The van der Waals surface area contributed by atoms with E-state index < -0.39 is 0 Å². The average Bonchev–Trinajstić information content (AvgIpc) is 3.13. The number of urea groups is 1. The maximum atomic E-state index is 11.8. The molecule has 2 amide bonds. The Labute approximate surface area is 190 Å². The molecular weight excluding hydrogens is 419 g/mol. The monoisotopic (exact) mass is 452 g/mol. The Balaban J connectivity index is 1.17. The Kier molecular flexibility index (Phi) is 6.71. The second-order valence-corrected chi connectivity index (χ2v) is 10.6. The lowest BCUT2D eigenvalue weighted by Crippen LogP contribution is -2.57. The molecule has 1 N–H and O–H groups in total. The zero-order valence-corrected chi connectivity index (χ0v) is 19.7. The number of nitrogens with zero attached hydrogens (tertiary/aromatic N) is 3. The Morgan fingerprint density at radius 3 is 2.60 bits per heavy atom. The van der Waals surface area contributed by atoms with Crippen LogP contribution >= 0.6 is 23.2 Å². The van der Waals surface area contributed by atoms with E-state index in [-0.39, 0.29) is 6.03 Å². The molecule has 166 valence electrons. The Morgan fingerprint density at radius 1 is 1.17 bits per heavy atom. The predicted octanol–water partition coefficient (Wildman–Crippen LogP) is 4.73. The quantitative estimate of drug-likeness (QED) is 0.701. The second kappa shape index (κ2) is 9.13. The highest BCUT2D eigenvalue weighted by Crippen LogP contribution is 2.45. The Bertz CT molecular complexity index is 758. The predicted molar refractivity (Wildman–Crippen MR) is 125 cm³/mol. The number of halogens is 2. The topological polar surface area (TPSA) is 38.8 Å². The first-order valence-corrected chi connectivity index (χ1v) is 12.0. The number of anilines is 1. The van der Waals surface area contributed by atoms with Crippen LogP contribution in [0.3, 0.4) is 0 Å². The highest BCUT2D eigenvalue weighted by Gasteiger charge is 2.47. The van der Waals surface area contributed by atoms with Crippen molar-refractivity contribution in [2.24, 2.45) is 11.3 Å². The summed E-state index contributed by atoms with van der Waals surface area (Å²) in [5, 5.41) is 4.46. The van der Waals surface area contributed by atoms with Crippen molar-refractivity contribution < 1.29 is 4.79 Å². The number of carbonyl (C=O) groups is 1. The summed E-state index contributed by atoms with van der Waals surface area (Å²) >= 11 is 12.6. The van der Waals surface area contributed by atoms with Gasteiger partial charge in [-0.1, -0.05) is 29.3 Å². The van der Waals surface area contributed by atoms with Gasteiger partial charge in [-0.15, -0.1) is 0 Å². The van der Waals surface area contributed by atoms with Crippen molar-refractivity contribution in [1.82, 2.24) is 15.1 Å². The van der Waals surface area contributed by atoms with Crippen LogP contribution in [0.25, 0.3) is 0 Å². The van der Waals surface area contributed by atoms with Gasteiger partial charge in [0.2, 0.25) is 0 Å². The number of hydrogen-bond donors (Lipinski definition) is 1. The van der Waals surface area contributed by atoms with Crippen molar-refractivity contribution in [3.8, 4) is 0 Å². The number of likely N-dealkylation sites (tertiary alicyclic amines) is 1. The molecule has 5 nitrogen and oxygen atoms in total. The summed E-state index contributed by atoms with van der Waals surface area (Å²) in [6, 6.07) is 6.30. The van der Waals surface area contributed by atoms with Gasteiger partial charge in [-0.2, -0.15) is 0 Å². The van der Waals surface area contributed by atoms with E-state index in [2.05, 4.69) is 21.2 Å². The number of hydrogen-bond acceptors (Lipinski definition) is 3.